The van der Waals surface area contributed by atoms with Gasteiger partial charge in [-0.3, -0.25) is 14.4 Å². The number of nitrogens with one attached hydrogen (secondary N) is 1. The Kier molecular flexibility index (Phi) is 13.8. The van der Waals surface area contributed by atoms with E-state index in [9.17, 15) is 9.59 Å². The van der Waals surface area contributed by atoms with Gasteiger partial charge in [0, 0.05) is 80.0 Å². The molecule has 0 radical (unpaired) electrons. The number of esters is 2. The third-order valence-corrected chi connectivity index (χ3v) is 14.2. The monoisotopic (exact) mass is 955 g/mol. The van der Waals surface area contributed by atoms with Crippen LogP contribution in [0.3, 0.4) is 0 Å². The van der Waals surface area contributed by atoms with Crippen molar-refractivity contribution in [1.29, 1.82) is 0 Å². The number of halogens is 1. The van der Waals surface area contributed by atoms with Crippen LogP contribution in [0.4, 0.5) is 0 Å². The van der Waals surface area contributed by atoms with Crippen molar-refractivity contribution >= 4 is 62.2 Å². The summed E-state index contributed by atoms with van der Waals surface area (Å²) in [6, 6.07) is 21.6. The summed E-state index contributed by atoms with van der Waals surface area (Å²) in [7, 11) is 3.25. The zero-order valence-electron chi connectivity index (χ0n) is 40.7. The molecular formula is C54H62ClN7O7. The molecule has 4 aromatic carbocycles. The van der Waals surface area contributed by atoms with Gasteiger partial charge in [-0.25, -0.2) is 14.6 Å². The van der Waals surface area contributed by atoms with Gasteiger partial charge >= 0.3 is 11.9 Å². The van der Waals surface area contributed by atoms with E-state index in [1.807, 2.05) is 75.8 Å². The lowest BCUT2D eigenvalue weighted by Crippen LogP contribution is -2.50. The van der Waals surface area contributed by atoms with Crippen LogP contribution < -0.4 is 9.47 Å². The summed E-state index contributed by atoms with van der Waals surface area (Å²) in [5, 5.41) is 8.49. The van der Waals surface area contributed by atoms with Crippen molar-refractivity contribution in [2.24, 2.45) is 13.0 Å². The molecule has 362 valence electrons. The summed E-state index contributed by atoms with van der Waals surface area (Å²) in [6.07, 6.45) is 5.50. The average molecular weight is 957 g/mol. The van der Waals surface area contributed by atoms with E-state index in [-0.39, 0.29) is 24.0 Å². The molecule has 1 aliphatic heterocycles. The first-order valence-electron chi connectivity index (χ1n) is 24.1. The van der Waals surface area contributed by atoms with E-state index in [0.29, 0.717) is 98.0 Å². The van der Waals surface area contributed by atoms with E-state index in [0.717, 1.165) is 68.3 Å². The highest BCUT2D eigenvalue weighted by atomic mass is 35.5. The standard InChI is InChI=1S/C54H62ClN7O7/c1-33-47(34(2)59(6)58-33)48-43(55)20-19-41-40(15-11-29-67-45-16-10-13-37-12-8-9-14-39(37)45)51(53(65)69-54(4,5)22-21-36-17-18-36)62(50(41)48)28-25-60-23-26-61(27-24-60)46(63)32-68-38-30-42(52(64)66-7)49-44(31-38)56-35(3)57-49/h8-10,12-14,16,19-20,30-31,36H,11,15,17-18,21-29,32H2,1-7H3,(H,56,57). The minimum absolute atomic E-state index is 0.156. The number of fused-ring (bicyclic) bond motifs is 3. The fourth-order valence-corrected chi connectivity index (χ4v) is 10.1. The van der Waals surface area contributed by atoms with E-state index < -0.39 is 11.6 Å². The van der Waals surface area contributed by atoms with Gasteiger partial charge in [0.25, 0.3) is 5.91 Å². The van der Waals surface area contributed by atoms with Crippen LogP contribution in [0.2, 0.25) is 5.02 Å². The topological polar surface area (TPSA) is 146 Å². The van der Waals surface area contributed by atoms with Crippen molar-refractivity contribution in [3.63, 3.8) is 0 Å². The number of nitrogens with zero attached hydrogens (tertiary/aromatic N) is 6. The lowest BCUT2D eigenvalue weighted by molar-refractivity contribution is -0.135. The first-order chi connectivity index (χ1) is 33.2. The van der Waals surface area contributed by atoms with Gasteiger partial charge in [0.15, 0.2) is 6.61 Å². The molecule has 15 heteroatoms. The Morgan fingerprint density at radius 3 is 2.39 bits per heavy atom. The second-order valence-electron chi connectivity index (χ2n) is 19.2. The maximum Gasteiger partial charge on any atom is 0.355 e. The van der Waals surface area contributed by atoms with Crippen LogP contribution in [0, 0.1) is 26.7 Å². The Morgan fingerprint density at radius 1 is 0.884 bits per heavy atom. The fraction of sp³-hybridized carbons (Fsp3) is 0.426. The Morgan fingerprint density at radius 2 is 1.65 bits per heavy atom. The number of methoxy groups -OCH3 is 1. The number of hydrogen-bond acceptors (Lipinski definition) is 10. The summed E-state index contributed by atoms with van der Waals surface area (Å²) in [5.74, 6) is 1.50. The Labute approximate surface area is 407 Å². The van der Waals surface area contributed by atoms with E-state index in [1.54, 1.807) is 24.0 Å². The maximum atomic E-state index is 15.0. The number of H-pyrrole nitrogens is 1. The number of piperazine rings is 1. The second-order valence-corrected chi connectivity index (χ2v) is 19.6. The van der Waals surface area contributed by atoms with Crippen molar-refractivity contribution in [2.75, 3.05) is 53.0 Å². The minimum Gasteiger partial charge on any atom is -0.493 e. The maximum absolute atomic E-state index is 15.0. The molecule has 0 unspecified atom stereocenters. The largest absolute Gasteiger partial charge is 0.493 e. The van der Waals surface area contributed by atoms with Crippen LogP contribution in [0.15, 0.2) is 66.7 Å². The van der Waals surface area contributed by atoms with Gasteiger partial charge in [0.1, 0.15) is 34.1 Å². The number of carbonyl (C=O) groups excluding carboxylic acids is 3. The van der Waals surface area contributed by atoms with E-state index >= 15 is 4.79 Å². The summed E-state index contributed by atoms with van der Waals surface area (Å²) in [5.41, 5.74) is 6.60. The van der Waals surface area contributed by atoms with Crippen LogP contribution in [0.1, 0.15) is 89.6 Å². The molecule has 1 amide bonds. The van der Waals surface area contributed by atoms with Crippen molar-refractivity contribution < 1.29 is 33.3 Å². The Bertz CT molecular complexity index is 3060. The van der Waals surface area contributed by atoms with Gasteiger partial charge in [-0.15, -0.1) is 0 Å². The minimum atomic E-state index is -0.673. The molecule has 9 rings (SSSR count). The Hall–Kier alpha value is -6.38. The summed E-state index contributed by atoms with van der Waals surface area (Å²) in [6.45, 7) is 13.5. The number of hydrogen-bond donors (Lipinski definition) is 1. The fourth-order valence-electron chi connectivity index (χ4n) is 9.90. The quantitative estimate of drug-likeness (QED) is 0.0652. The number of rotatable bonds is 18. The Balaban J connectivity index is 0.987. The van der Waals surface area contributed by atoms with Crippen LogP contribution in [-0.4, -0.2) is 111 Å². The van der Waals surface area contributed by atoms with Gasteiger partial charge in [-0.1, -0.05) is 66.9 Å². The van der Waals surface area contributed by atoms with Crippen LogP contribution in [0.25, 0.3) is 43.8 Å². The van der Waals surface area contributed by atoms with Crippen LogP contribution in [0.5, 0.6) is 11.5 Å². The molecular weight excluding hydrogens is 894 g/mol. The summed E-state index contributed by atoms with van der Waals surface area (Å²) < 4.78 is 28.0. The first kappa shape index (κ1) is 47.7. The number of amides is 1. The molecule has 1 N–H and O–H groups in total. The molecule has 69 heavy (non-hydrogen) atoms. The SMILES string of the molecule is COC(=O)c1cc(OCC(=O)N2CCN(CCn3c(C(=O)OC(C)(C)CCC4CC4)c(CCCOc4cccc5ccccc45)c4ccc(Cl)c(-c5c(C)nn(C)c5C)c43)CC2)cc2[nH]c(C)nc12. The predicted molar refractivity (Wildman–Crippen MR) is 269 cm³/mol. The zero-order chi connectivity index (χ0) is 48.6. The number of aryl methyl sites for hydroxylation is 4. The second kappa shape index (κ2) is 19.9. The molecule has 1 saturated carbocycles. The molecule has 14 nitrogen and oxygen atoms in total. The first-order valence-corrected chi connectivity index (χ1v) is 24.5. The highest BCUT2D eigenvalue weighted by Gasteiger charge is 2.34. The number of carbonyl (C=O) groups is 3. The third-order valence-electron chi connectivity index (χ3n) is 13.8. The third kappa shape index (κ3) is 10.2. The van der Waals surface area contributed by atoms with Crippen molar-refractivity contribution in [1.82, 2.24) is 34.1 Å². The van der Waals surface area contributed by atoms with Gasteiger partial charge < -0.3 is 33.4 Å². The number of aromatic nitrogens is 5. The molecule has 0 spiro atoms. The smallest absolute Gasteiger partial charge is 0.355 e. The highest BCUT2D eigenvalue weighted by molar-refractivity contribution is 6.35. The molecule has 4 heterocycles. The lowest BCUT2D eigenvalue weighted by atomic mass is 9.98. The average Bonchev–Trinajstić information content (AvgIpc) is 3.94. The zero-order valence-corrected chi connectivity index (χ0v) is 41.5. The number of imidazole rings is 1. The highest BCUT2D eigenvalue weighted by Crippen LogP contribution is 2.43. The number of ether oxygens (including phenoxy) is 4. The predicted octanol–water partition coefficient (Wildman–Crippen LogP) is 9.80. The molecule has 1 aliphatic carbocycles. The van der Waals surface area contributed by atoms with Gasteiger partial charge in [0.2, 0.25) is 0 Å². The molecule has 0 bridgehead atoms. The van der Waals surface area contributed by atoms with Crippen molar-refractivity contribution in [3.05, 3.63) is 106 Å². The molecule has 0 atom stereocenters. The van der Waals surface area contributed by atoms with Gasteiger partial charge in [-0.05, 0) is 95.4 Å². The normalized spacial score (nSPS) is 14.5. The van der Waals surface area contributed by atoms with Crippen LogP contribution >= 0.6 is 11.6 Å². The van der Waals surface area contributed by atoms with Crippen LogP contribution in [-0.2, 0) is 34.3 Å². The lowest BCUT2D eigenvalue weighted by Gasteiger charge is -2.35. The number of aromatic amines is 1. The van der Waals surface area contributed by atoms with Gasteiger partial charge in [-0.2, -0.15) is 5.10 Å². The molecule has 3 aromatic heterocycles. The summed E-state index contributed by atoms with van der Waals surface area (Å²) in [4.78, 5) is 52.9. The van der Waals surface area contributed by atoms with Crippen molar-refractivity contribution in [2.45, 2.75) is 85.3 Å². The van der Waals surface area contributed by atoms with Gasteiger partial charge in [0.05, 0.1) is 41.0 Å². The van der Waals surface area contributed by atoms with E-state index in [2.05, 4.69) is 37.6 Å². The van der Waals surface area contributed by atoms with E-state index in [1.165, 1.54) is 20.0 Å². The summed E-state index contributed by atoms with van der Waals surface area (Å²) >= 11 is 7.27. The molecule has 7 aromatic rings. The molecule has 2 aliphatic rings. The van der Waals surface area contributed by atoms with E-state index in [4.69, 9.17) is 35.6 Å². The number of benzene rings is 4. The van der Waals surface area contributed by atoms with Crippen molar-refractivity contribution in [3.8, 4) is 22.6 Å². The molecule has 2 fully saturated rings. The molecule has 1 saturated heterocycles.